The zero-order valence-electron chi connectivity index (χ0n) is 15.5. The number of nitrogens with one attached hydrogen (secondary N) is 1. The highest BCUT2D eigenvalue weighted by Crippen LogP contribution is 2.50. The lowest BCUT2D eigenvalue weighted by molar-refractivity contribution is -0.136. The average Bonchev–Trinajstić information content (AvgIpc) is 3.02. The van der Waals surface area contributed by atoms with Crippen LogP contribution >= 0.6 is 11.3 Å². The molecule has 1 aliphatic rings. The molecule has 28 heavy (non-hydrogen) atoms. The zero-order valence-corrected chi connectivity index (χ0v) is 16.3. The second-order valence-electron chi connectivity index (χ2n) is 6.15. The summed E-state index contributed by atoms with van der Waals surface area (Å²) in [5, 5.41) is 3.75. The molecule has 0 saturated carbocycles. The van der Waals surface area contributed by atoms with E-state index in [1.807, 2.05) is 0 Å². The maximum absolute atomic E-state index is 12.5. The van der Waals surface area contributed by atoms with Gasteiger partial charge in [0.2, 0.25) is 0 Å². The number of allylic oxidation sites excluding steroid dienone is 1. The van der Waals surface area contributed by atoms with Gasteiger partial charge in [0.25, 0.3) is 5.91 Å². The summed E-state index contributed by atoms with van der Waals surface area (Å²) in [6, 6.07) is 6.63. The number of hydrogen-bond acceptors (Lipinski definition) is 8. The smallest absolute Gasteiger partial charge is 0.337 e. The Morgan fingerprint density at radius 2 is 1.68 bits per heavy atom. The Hall–Kier alpha value is -3.33. The summed E-state index contributed by atoms with van der Waals surface area (Å²) in [5.74, 6) is -2.22. The Labute approximate surface area is 165 Å². The lowest BCUT2D eigenvalue weighted by Crippen LogP contribution is -2.23. The molecule has 1 unspecified atom stereocenters. The van der Waals surface area contributed by atoms with Crippen LogP contribution in [0.4, 0.5) is 10.7 Å². The van der Waals surface area contributed by atoms with Crippen LogP contribution in [0.1, 0.15) is 44.0 Å². The number of nitrogens with two attached hydrogens (primary N) is 2. The molecule has 0 aliphatic carbocycles. The summed E-state index contributed by atoms with van der Waals surface area (Å²) in [7, 11) is 2.59. The maximum Gasteiger partial charge on any atom is 0.337 e. The molecule has 3 rings (SSSR count). The van der Waals surface area contributed by atoms with Crippen molar-refractivity contribution in [3.63, 3.8) is 0 Å². The van der Waals surface area contributed by atoms with Crippen LogP contribution in [0, 0.1) is 0 Å². The SMILES string of the molecule is COC(=O)C1=C(C)Nc2sc(C(N)=O)c(N)c2C1c1ccc(C(=O)OC)cc1. The van der Waals surface area contributed by atoms with Gasteiger partial charge in [0, 0.05) is 17.2 Å². The van der Waals surface area contributed by atoms with E-state index in [4.69, 9.17) is 20.9 Å². The predicted octanol–water partition coefficient (Wildman–Crippen LogP) is 2.22. The fourth-order valence-electron chi connectivity index (χ4n) is 3.26. The number of esters is 2. The van der Waals surface area contributed by atoms with Crippen molar-refractivity contribution in [2.24, 2.45) is 5.73 Å². The van der Waals surface area contributed by atoms with Crippen molar-refractivity contribution in [1.29, 1.82) is 0 Å². The molecule has 146 valence electrons. The Morgan fingerprint density at radius 1 is 1.07 bits per heavy atom. The number of anilines is 2. The summed E-state index contributed by atoms with van der Waals surface area (Å²) in [6.45, 7) is 1.74. The number of nitrogen functional groups attached to an aromatic ring is 1. The number of primary amides is 1. The molecule has 1 aromatic carbocycles. The highest BCUT2D eigenvalue weighted by molar-refractivity contribution is 7.19. The number of carbonyl (C=O) groups is 3. The molecule has 1 aliphatic heterocycles. The normalized spacial score (nSPS) is 15.5. The van der Waals surface area contributed by atoms with Gasteiger partial charge < -0.3 is 26.3 Å². The molecule has 1 aromatic heterocycles. The van der Waals surface area contributed by atoms with Gasteiger partial charge in [-0.3, -0.25) is 4.79 Å². The van der Waals surface area contributed by atoms with E-state index in [1.165, 1.54) is 14.2 Å². The first-order valence-corrected chi connectivity index (χ1v) is 9.08. The molecular weight excluding hydrogens is 382 g/mol. The van der Waals surface area contributed by atoms with E-state index >= 15 is 0 Å². The lowest BCUT2D eigenvalue weighted by Gasteiger charge is -2.28. The summed E-state index contributed by atoms with van der Waals surface area (Å²) in [4.78, 5) is 36.2. The van der Waals surface area contributed by atoms with Crippen molar-refractivity contribution >= 4 is 39.9 Å². The third-order valence-electron chi connectivity index (χ3n) is 4.56. The number of amides is 1. The summed E-state index contributed by atoms with van der Waals surface area (Å²) < 4.78 is 9.68. The lowest BCUT2D eigenvalue weighted by atomic mass is 9.81. The number of thiophene rings is 1. The van der Waals surface area contributed by atoms with Gasteiger partial charge in [-0.05, 0) is 24.6 Å². The van der Waals surface area contributed by atoms with E-state index in [0.717, 1.165) is 11.3 Å². The molecular formula is C19H19N3O5S. The monoisotopic (exact) mass is 401 g/mol. The highest BCUT2D eigenvalue weighted by atomic mass is 32.1. The second-order valence-corrected chi connectivity index (χ2v) is 7.17. The molecule has 2 aromatic rings. The van der Waals surface area contributed by atoms with Crippen molar-refractivity contribution in [3.05, 3.63) is 57.1 Å². The van der Waals surface area contributed by atoms with Crippen LogP contribution in [-0.2, 0) is 14.3 Å². The number of methoxy groups -OCH3 is 2. The molecule has 5 N–H and O–H groups in total. The fourth-order valence-corrected chi connectivity index (χ4v) is 4.33. The number of rotatable bonds is 4. The maximum atomic E-state index is 12.5. The molecule has 9 heteroatoms. The minimum absolute atomic E-state index is 0.215. The van der Waals surface area contributed by atoms with E-state index in [2.05, 4.69) is 5.32 Å². The summed E-state index contributed by atoms with van der Waals surface area (Å²) in [5.41, 5.74) is 14.5. The van der Waals surface area contributed by atoms with Crippen molar-refractivity contribution in [3.8, 4) is 0 Å². The van der Waals surface area contributed by atoms with Gasteiger partial charge in [0.05, 0.1) is 36.0 Å². The van der Waals surface area contributed by atoms with Gasteiger partial charge in [-0.15, -0.1) is 11.3 Å². The molecule has 2 heterocycles. The number of fused-ring (bicyclic) bond motifs is 1. The minimum Gasteiger partial charge on any atom is -0.466 e. The van der Waals surface area contributed by atoms with Gasteiger partial charge in [-0.2, -0.15) is 0 Å². The molecule has 0 spiro atoms. The average molecular weight is 401 g/mol. The minimum atomic E-state index is -0.643. The van der Waals surface area contributed by atoms with Gasteiger partial charge in [-0.25, -0.2) is 9.59 Å². The first-order valence-electron chi connectivity index (χ1n) is 8.26. The van der Waals surface area contributed by atoms with Crippen LogP contribution < -0.4 is 16.8 Å². The molecule has 0 fully saturated rings. The van der Waals surface area contributed by atoms with Crippen LogP contribution in [-0.4, -0.2) is 32.1 Å². The summed E-state index contributed by atoms with van der Waals surface area (Å²) in [6.07, 6.45) is 0. The molecule has 1 amide bonds. The molecule has 1 atom stereocenters. The van der Waals surface area contributed by atoms with Crippen LogP contribution in [0.25, 0.3) is 0 Å². The van der Waals surface area contributed by atoms with Crippen molar-refractivity contribution < 1.29 is 23.9 Å². The number of benzene rings is 1. The van der Waals surface area contributed by atoms with Gasteiger partial charge in [0.15, 0.2) is 0 Å². The van der Waals surface area contributed by atoms with Crippen molar-refractivity contribution in [2.45, 2.75) is 12.8 Å². The second kappa shape index (κ2) is 7.35. The van der Waals surface area contributed by atoms with E-state index in [1.54, 1.807) is 31.2 Å². The van der Waals surface area contributed by atoms with Crippen molar-refractivity contribution in [2.75, 3.05) is 25.3 Å². The first-order chi connectivity index (χ1) is 13.3. The third kappa shape index (κ3) is 3.09. The van der Waals surface area contributed by atoms with Crippen LogP contribution in [0.15, 0.2) is 35.5 Å². The Morgan fingerprint density at radius 3 is 2.21 bits per heavy atom. The van der Waals surface area contributed by atoms with Gasteiger partial charge >= 0.3 is 11.9 Å². The van der Waals surface area contributed by atoms with E-state index in [9.17, 15) is 14.4 Å². The number of carbonyl (C=O) groups excluding carboxylic acids is 3. The highest BCUT2D eigenvalue weighted by Gasteiger charge is 2.37. The molecule has 0 bridgehead atoms. The molecule has 0 radical (unpaired) electrons. The zero-order chi connectivity index (χ0) is 20.6. The summed E-state index contributed by atoms with van der Waals surface area (Å²) >= 11 is 1.13. The van der Waals surface area contributed by atoms with Gasteiger partial charge in [0.1, 0.15) is 4.88 Å². The van der Waals surface area contributed by atoms with E-state index in [-0.39, 0.29) is 10.6 Å². The molecule has 0 saturated heterocycles. The first kappa shape index (κ1) is 19.4. The largest absolute Gasteiger partial charge is 0.466 e. The van der Waals surface area contributed by atoms with Crippen LogP contribution in [0.2, 0.25) is 0 Å². The third-order valence-corrected chi connectivity index (χ3v) is 5.71. The number of ether oxygens (including phenoxy) is 2. The van der Waals surface area contributed by atoms with E-state index < -0.39 is 23.8 Å². The van der Waals surface area contributed by atoms with E-state index in [0.29, 0.717) is 33.0 Å². The quantitative estimate of drug-likeness (QED) is 0.669. The van der Waals surface area contributed by atoms with Crippen LogP contribution in [0.5, 0.6) is 0 Å². The fraction of sp³-hybridized carbons (Fsp3) is 0.211. The van der Waals surface area contributed by atoms with Gasteiger partial charge in [-0.1, -0.05) is 12.1 Å². The number of hydrogen-bond donors (Lipinski definition) is 3. The Kier molecular flexibility index (Phi) is 5.10. The molecule has 8 nitrogen and oxygen atoms in total. The standard InChI is InChI=1S/C19H19N3O5S/c1-8-11(19(25)27-3)12(9-4-6-10(7-5-9)18(24)26-2)13-14(20)15(16(21)23)28-17(13)22-8/h4-7,12,22H,20H2,1-3H3,(H2,21,23). The Bertz CT molecular complexity index is 1010. The topological polar surface area (TPSA) is 134 Å². The predicted molar refractivity (Wildman–Crippen MR) is 105 cm³/mol. The van der Waals surface area contributed by atoms with Crippen molar-refractivity contribution in [1.82, 2.24) is 0 Å². The Balaban J connectivity index is 2.21. The van der Waals surface area contributed by atoms with Crippen LogP contribution in [0.3, 0.4) is 0 Å².